The molecule has 0 bridgehead atoms. The molecule has 1 aliphatic rings. The van der Waals surface area contributed by atoms with Gasteiger partial charge in [-0.1, -0.05) is 68.5 Å². The van der Waals surface area contributed by atoms with Crippen LogP contribution in [0.3, 0.4) is 0 Å². The van der Waals surface area contributed by atoms with E-state index < -0.39 is 12.1 Å². The van der Waals surface area contributed by atoms with Gasteiger partial charge in [0.1, 0.15) is 12.6 Å². The van der Waals surface area contributed by atoms with Gasteiger partial charge in [0.2, 0.25) is 0 Å². The highest BCUT2D eigenvalue weighted by Crippen LogP contribution is 2.44. The number of hydrogen-bond donors (Lipinski definition) is 2. The number of nitrogens with one attached hydrogen (secondary N) is 2. The molecule has 2 aromatic rings. The maximum absolute atomic E-state index is 12.5. The number of esters is 1. The Kier molecular flexibility index (Phi) is 8.06. The van der Waals surface area contributed by atoms with Crippen molar-refractivity contribution in [2.75, 3.05) is 20.3 Å². The molecule has 0 aliphatic heterocycles. The summed E-state index contributed by atoms with van der Waals surface area (Å²) in [7, 11) is 1.37. The largest absolute Gasteiger partial charge is 0.468 e. The fraction of sp³-hybridized carbons (Fsp3) is 0.385. The topological polar surface area (TPSA) is 76.7 Å². The Labute approximate surface area is 190 Å². The van der Waals surface area contributed by atoms with Crippen LogP contribution in [0.15, 0.2) is 61.2 Å². The van der Waals surface area contributed by atoms with E-state index in [1.807, 2.05) is 38.1 Å². The molecule has 170 valence electrons. The summed E-state index contributed by atoms with van der Waals surface area (Å²) >= 11 is 0. The summed E-state index contributed by atoms with van der Waals surface area (Å²) < 4.78 is 10.5. The van der Waals surface area contributed by atoms with Crippen molar-refractivity contribution in [2.24, 2.45) is 5.92 Å². The molecular formula is C26H32N2O4. The second kappa shape index (κ2) is 11.0. The Morgan fingerprint density at radius 3 is 2.19 bits per heavy atom. The van der Waals surface area contributed by atoms with Gasteiger partial charge in [0.15, 0.2) is 0 Å². The van der Waals surface area contributed by atoms with Gasteiger partial charge in [0.05, 0.1) is 13.2 Å². The van der Waals surface area contributed by atoms with Crippen molar-refractivity contribution in [1.29, 1.82) is 0 Å². The minimum Gasteiger partial charge on any atom is -0.468 e. The Morgan fingerprint density at radius 2 is 1.66 bits per heavy atom. The lowest BCUT2D eigenvalue weighted by atomic mass is 9.98. The van der Waals surface area contributed by atoms with Crippen LogP contribution in [0.2, 0.25) is 0 Å². The molecule has 32 heavy (non-hydrogen) atoms. The van der Waals surface area contributed by atoms with Gasteiger partial charge in [-0.15, -0.1) is 6.58 Å². The van der Waals surface area contributed by atoms with E-state index in [4.69, 9.17) is 9.47 Å². The third-order valence-corrected chi connectivity index (χ3v) is 5.71. The third-order valence-electron chi connectivity index (χ3n) is 5.71. The van der Waals surface area contributed by atoms with Gasteiger partial charge in [-0.2, -0.15) is 0 Å². The summed E-state index contributed by atoms with van der Waals surface area (Å²) in [6.45, 7) is 8.46. The first-order chi connectivity index (χ1) is 15.4. The zero-order valence-electron chi connectivity index (χ0n) is 19.0. The number of rotatable bonds is 10. The molecule has 0 radical (unpaired) electrons. The first kappa shape index (κ1) is 23.5. The van der Waals surface area contributed by atoms with E-state index in [1.165, 1.54) is 18.2 Å². The van der Waals surface area contributed by atoms with E-state index in [9.17, 15) is 9.59 Å². The number of fused-ring (bicyclic) bond motifs is 3. The average Bonchev–Trinajstić information content (AvgIpc) is 3.12. The van der Waals surface area contributed by atoms with E-state index in [2.05, 4.69) is 41.5 Å². The van der Waals surface area contributed by atoms with Crippen LogP contribution in [0, 0.1) is 5.92 Å². The molecule has 0 saturated carbocycles. The molecule has 0 aromatic heterocycles. The standard InChI is InChI=1S/C26H32N2O4/c1-5-18(15-27-24(14-17(2)3)25(29)31-4)28-26(30)32-16-23-21-12-8-6-10-19(21)20-11-7-9-13-22(20)23/h5-13,17-18,23-24,27H,1,14-16H2,2-4H3,(H,28,30)/t18-,24-/m0/s1. The minimum absolute atomic E-state index is 0.00297. The first-order valence-corrected chi connectivity index (χ1v) is 11.0. The van der Waals surface area contributed by atoms with Crippen molar-refractivity contribution in [3.05, 3.63) is 72.3 Å². The molecule has 0 spiro atoms. The Bertz CT molecular complexity index is 911. The lowest BCUT2D eigenvalue weighted by Gasteiger charge is -2.22. The number of carbonyl (C=O) groups excluding carboxylic acids is 2. The summed E-state index contributed by atoms with van der Waals surface area (Å²) in [5.41, 5.74) is 4.70. The average molecular weight is 437 g/mol. The molecule has 2 N–H and O–H groups in total. The number of ether oxygens (including phenoxy) is 2. The molecule has 0 unspecified atom stereocenters. The minimum atomic E-state index is -0.517. The second-order valence-electron chi connectivity index (χ2n) is 8.43. The highest BCUT2D eigenvalue weighted by atomic mass is 16.5. The molecule has 2 aromatic carbocycles. The van der Waals surface area contributed by atoms with E-state index in [1.54, 1.807) is 6.08 Å². The normalized spacial score (nSPS) is 14.2. The molecule has 6 heteroatoms. The highest BCUT2D eigenvalue weighted by molar-refractivity contribution is 5.79. The number of amides is 1. The van der Waals surface area contributed by atoms with Gasteiger partial charge in [-0.05, 0) is 34.6 Å². The molecule has 1 amide bonds. The molecule has 0 saturated heterocycles. The van der Waals surface area contributed by atoms with E-state index in [0.29, 0.717) is 18.9 Å². The summed E-state index contributed by atoms with van der Waals surface area (Å²) in [5, 5.41) is 5.98. The van der Waals surface area contributed by atoms with Crippen molar-refractivity contribution >= 4 is 12.1 Å². The lowest BCUT2D eigenvalue weighted by Crippen LogP contribution is -2.47. The van der Waals surface area contributed by atoms with Crippen LogP contribution in [0.5, 0.6) is 0 Å². The predicted molar refractivity (Wildman–Crippen MR) is 125 cm³/mol. The van der Waals surface area contributed by atoms with Crippen LogP contribution in [-0.4, -0.2) is 44.4 Å². The fourth-order valence-corrected chi connectivity index (χ4v) is 4.13. The zero-order valence-corrected chi connectivity index (χ0v) is 19.0. The molecule has 2 atom stereocenters. The van der Waals surface area contributed by atoms with Crippen LogP contribution < -0.4 is 10.6 Å². The first-order valence-electron chi connectivity index (χ1n) is 11.0. The van der Waals surface area contributed by atoms with E-state index >= 15 is 0 Å². The molecule has 0 heterocycles. The Balaban J connectivity index is 1.57. The Hall–Kier alpha value is -3.12. The Morgan fingerprint density at radius 1 is 1.06 bits per heavy atom. The van der Waals surface area contributed by atoms with Crippen molar-refractivity contribution in [1.82, 2.24) is 10.6 Å². The van der Waals surface area contributed by atoms with E-state index in [-0.39, 0.29) is 24.5 Å². The smallest absolute Gasteiger partial charge is 0.407 e. The van der Waals surface area contributed by atoms with Crippen molar-refractivity contribution < 1.29 is 19.1 Å². The summed E-state index contributed by atoms with van der Waals surface area (Å²) in [6.07, 6.45) is 1.75. The van der Waals surface area contributed by atoms with Gasteiger partial charge in [0.25, 0.3) is 0 Å². The monoisotopic (exact) mass is 436 g/mol. The molecule has 0 fully saturated rings. The molecular weight excluding hydrogens is 404 g/mol. The van der Waals surface area contributed by atoms with Crippen LogP contribution in [0.4, 0.5) is 4.79 Å². The van der Waals surface area contributed by atoms with Crippen LogP contribution >= 0.6 is 0 Å². The maximum atomic E-state index is 12.5. The summed E-state index contributed by atoms with van der Waals surface area (Å²) in [4.78, 5) is 24.5. The molecule has 6 nitrogen and oxygen atoms in total. The van der Waals surface area contributed by atoms with Crippen molar-refractivity contribution in [3.8, 4) is 11.1 Å². The van der Waals surface area contributed by atoms with Gasteiger partial charge >= 0.3 is 12.1 Å². The fourth-order valence-electron chi connectivity index (χ4n) is 4.13. The quantitative estimate of drug-likeness (QED) is 0.430. The van der Waals surface area contributed by atoms with Gasteiger partial charge in [-0.25, -0.2) is 4.79 Å². The number of methoxy groups -OCH3 is 1. The molecule has 1 aliphatic carbocycles. The van der Waals surface area contributed by atoms with E-state index in [0.717, 1.165) is 11.1 Å². The van der Waals surface area contributed by atoms with Crippen LogP contribution in [0.25, 0.3) is 11.1 Å². The number of benzene rings is 2. The number of carbonyl (C=O) groups is 2. The van der Waals surface area contributed by atoms with Gasteiger partial charge in [0, 0.05) is 12.5 Å². The lowest BCUT2D eigenvalue weighted by molar-refractivity contribution is -0.143. The highest BCUT2D eigenvalue weighted by Gasteiger charge is 2.29. The zero-order chi connectivity index (χ0) is 23.1. The number of hydrogen-bond acceptors (Lipinski definition) is 5. The van der Waals surface area contributed by atoms with Gasteiger partial charge in [-0.3, -0.25) is 4.79 Å². The van der Waals surface area contributed by atoms with Crippen molar-refractivity contribution in [3.63, 3.8) is 0 Å². The van der Waals surface area contributed by atoms with Crippen LogP contribution in [-0.2, 0) is 14.3 Å². The summed E-state index contributed by atoms with van der Waals surface area (Å²) in [6, 6.07) is 15.6. The maximum Gasteiger partial charge on any atom is 0.407 e. The second-order valence-corrected chi connectivity index (χ2v) is 8.43. The predicted octanol–water partition coefficient (Wildman–Crippen LogP) is 4.26. The number of alkyl carbamates (subject to hydrolysis) is 1. The molecule has 3 rings (SSSR count). The summed E-state index contributed by atoms with van der Waals surface area (Å²) in [5.74, 6) is 0.00901. The SMILES string of the molecule is C=C[C@@H](CN[C@@H](CC(C)C)C(=O)OC)NC(=O)OCC1c2ccccc2-c2ccccc21. The third kappa shape index (κ3) is 5.56. The van der Waals surface area contributed by atoms with Gasteiger partial charge < -0.3 is 20.1 Å². The van der Waals surface area contributed by atoms with Crippen molar-refractivity contribution in [2.45, 2.75) is 38.3 Å². The van der Waals surface area contributed by atoms with Crippen LogP contribution in [0.1, 0.15) is 37.3 Å².